The van der Waals surface area contributed by atoms with Crippen molar-refractivity contribution >= 4 is 32.4 Å². The van der Waals surface area contributed by atoms with E-state index in [0.29, 0.717) is 16.7 Å². The number of benzene rings is 2. The fraction of sp³-hybridized carbons (Fsp3) is 0.368. The van der Waals surface area contributed by atoms with E-state index in [1.54, 1.807) is 30.3 Å². The second-order valence-corrected chi connectivity index (χ2v) is 8.60. The Balaban J connectivity index is 1.68. The van der Waals surface area contributed by atoms with Gasteiger partial charge in [0.15, 0.2) is 11.0 Å². The van der Waals surface area contributed by atoms with Gasteiger partial charge >= 0.3 is 0 Å². The van der Waals surface area contributed by atoms with Crippen LogP contribution in [0.5, 0.6) is 0 Å². The Bertz CT molecular complexity index is 1040. The van der Waals surface area contributed by atoms with Crippen molar-refractivity contribution in [2.45, 2.75) is 37.5 Å². The normalized spacial score (nSPS) is 15.7. The second kappa shape index (κ2) is 7.19. The van der Waals surface area contributed by atoms with Crippen molar-refractivity contribution in [2.24, 2.45) is 0 Å². The number of hydrogen-bond acceptors (Lipinski definition) is 6. The van der Waals surface area contributed by atoms with Crippen molar-refractivity contribution in [1.29, 1.82) is 0 Å². The molecule has 1 aromatic heterocycles. The average Bonchev–Trinajstić information content (AvgIpc) is 2.99. The fourth-order valence-electron chi connectivity index (χ4n) is 3.42. The molecule has 1 saturated heterocycles. The smallest absolute Gasteiger partial charge is 0.261 e. The Labute approximate surface area is 158 Å². The summed E-state index contributed by atoms with van der Waals surface area (Å²) in [6.07, 6.45) is 4.72. The van der Waals surface area contributed by atoms with Crippen LogP contribution in [0, 0.1) is 6.92 Å². The van der Waals surface area contributed by atoms with Gasteiger partial charge in [-0.15, -0.1) is 0 Å². The lowest BCUT2D eigenvalue weighted by Gasteiger charge is -2.22. The molecule has 0 unspecified atom stereocenters. The van der Waals surface area contributed by atoms with E-state index in [1.807, 2.05) is 13.0 Å². The van der Waals surface area contributed by atoms with Crippen LogP contribution in [0.1, 0.15) is 31.2 Å². The van der Waals surface area contributed by atoms with Gasteiger partial charge in [-0.25, -0.2) is 13.0 Å². The summed E-state index contributed by atoms with van der Waals surface area (Å²) in [5.74, 6) is 0. The molecule has 0 atom stereocenters. The molecule has 7 nitrogen and oxygen atoms in total. The lowest BCUT2D eigenvalue weighted by atomic mass is 10.2. The first-order valence-electron chi connectivity index (χ1n) is 9.14. The number of aromatic nitrogens is 2. The van der Waals surface area contributed by atoms with Crippen molar-refractivity contribution in [3.05, 3.63) is 42.0 Å². The van der Waals surface area contributed by atoms with E-state index in [2.05, 4.69) is 19.9 Å². The Hall–Kier alpha value is -2.61. The number of nitrogens with one attached hydrogen (secondary N) is 1. The first-order valence-corrected chi connectivity index (χ1v) is 10.6. The molecule has 0 spiro atoms. The van der Waals surface area contributed by atoms with E-state index >= 15 is 0 Å². The first-order chi connectivity index (χ1) is 13.0. The highest BCUT2D eigenvalue weighted by Crippen LogP contribution is 2.32. The number of nitrogens with zero attached hydrogens (tertiary/aromatic N) is 3. The van der Waals surface area contributed by atoms with Crippen LogP contribution in [0.2, 0.25) is 0 Å². The molecule has 0 aliphatic carbocycles. The van der Waals surface area contributed by atoms with Crippen molar-refractivity contribution in [3.63, 3.8) is 0 Å². The van der Waals surface area contributed by atoms with Gasteiger partial charge in [0, 0.05) is 13.1 Å². The fourth-order valence-corrected chi connectivity index (χ4v) is 4.49. The lowest BCUT2D eigenvalue weighted by Crippen LogP contribution is -2.24. The predicted octanol–water partition coefficient (Wildman–Crippen LogP) is 3.71. The second-order valence-electron chi connectivity index (χ2n) is 6.91. The summed E-state index contributed by atoms with van der Waals surface area (Å²) in [5, 5.41) is 7.99. The number of fused-ring (bicyclic) bond motifs is 1. The van der Waals surface area contributed by atoms with Crippen LogP contribution in [0.15, 0.2) is 45.9 Å². The minimum absolute atomic E-state index is 0.203. The Morgan fingerprint density at radius 2 is 1.59 bits per heavy atom. The number of rotatable bonds is 4. The average molecular weight is 386 g/mol. The van der Waals surface area contributed by atoms with Crippen LogP contribution in [0.4, 0.5) is 11.4 Å². The van der Waals surface area contributed by atoms with Crippen LogP contribution >= 0.6 is 0 Å². The summed E-state index contributed by atoms with van der Waals surface area (Å²) in [6, 6.07) is 10.3. The minimum atomic E-state index is -3.72. The Kier molecular flexibility index (Phi) is 4.73. The van der Waals surface area contributed by atoms with Crippen LogP contribution in [0.3, 0.4) is 0 Å². The molecule has 1 aliphatic rings. The molecule has 3 aromatic rings. The van der Waals surface area contributed by atoms with E-state index in [9.17, 15) is 8.42 Å². The summed E-state index contributed by atoms with van der Waals surface area (Å²) in [7, 11) is -3.72. The molecule has 0 radical (unpaired) electrons. The van der Waals surface area contributed by atoms with Gasteiger partial charge in [-0.2, -0.15) is 0 Å². The van der Waals surface area contributed by atoms with E-state index in [4.69, 9.17) is 4.63 Å². The summed E-state index contributed by atoms with van der Waals surface area (Å²) in [4.78, 5) is 2.48. The quantitative estimate of drug-likeness (QED) is 0.735. The summed E-state index contributed by atoms with van der Waals surface area (Å²) in [6.45, 7) is 3.82. The molecule has 0 amide bonds. The SMILES string of the molecule is Cc1ccc(S(=O)(=O)Nc2ccc(N3CCCCCC3)c3nonc23)cc1. The number of hydrogen-bond donors (Lipinski definition) is 1. The summed E-state index contributed by atoms with van der Waals surface area (Å²) < 4.78 is 33.0. The van der Waals surface area contributed by atoms with Crippen LogP contribution in [-0.4, -0.2) is 31.8 Å². The predicted molar refractivity (Wildman–Crippen MR) is 104 cm³/mol. The highest BCUT2D eigenvalue weighted by Gasteiger charge is 2.21. The van der Waals surface area contributed by atoms with Gasteiger partial charge in [0.05, 0.1) is 16.3 Å². The maximum atomic E-state index is 12.7. The number of anilines is 2. The Morgan fingerprint density at radius 1 is 0.926 bits per heavy atom. The number of aryl methyl sites for hydroxylation is 1. The zero-order chi connectivity index (χ0) is 18.9. The molecule has 0 bridgehead atoms. The van der Waals surface area contributed by atoms with Gasteiger partial charge in [-0.1, -0.05) is 30.5 Å². The molecule has 0 saturated carbocycles. The lowest BCUT2D eigenvalue weighted by molar-refractivity contribution is 0.315. The molecule has 1 fully saturated rings. The summed E-state index contributed by atoms with van der Waals surface area (Å²) >= 11 is 0. The van der Waals surface area contributed by atoms with Crippen molar-refractivity contribution in [2.75, 3.05) is 22.7 Å². The van der Waals surface area contributed by atoms with E-state index in [-0.39, 0.29) is 4.90 Å². The van der Waals surface area contributed by atoms with E-state index in [0.717, 1.165) is 37.2 Å². The van der Waals surface area contributed by atoms with Crippen LogP contribution < -0.4 is 9.62 Å². The molecule has 8 heteroatoms. The third-order valence-electron chi connectivity index (χ3n) is 4.92. The minimum Gasteiger partial charge on any atom is -0.370 e. The third-order valence-corrected chi connectivity index (χ3v) is 6.30. The van der Waals surface area contributed by atoms with Crippen LogP contribution in [0.25, 0.3) is 11.0 Å². The molecule has 1 N–H and O–H groups in total. The molecule has 2 heterocycles. The molecule has 142 valence electrons. The van der Waals surface area contributed by atoms with Gasteiger partial charge in [0.2, 0.25) is 0 Å². The standard InChI is InChI=1S/C19H22N4O3S/c1-14-6-8-15(9-7-14)27(24,25)22-16-10-11-17(19-18(16)20-26-21-19)23-12-4-2-3-5-13-23/h6-11,22H,2-5,12-13H2,1H3. The van der Waals surface area contributed by atoms with Crippen molar-refractivity contribution in [3.8, 4) is 0 Å². The molecule has 4 rings (SSSR count). The van der Waals surface area contributed by atoms with Crippen molar-refractivity contribution in [1.82, 2.24) is 10.3 Å². The van der Waals surface area contributed by atoms with E-state index < -0.39 is 10.0 Å². The molecular weight excluding hydrogens is 364 g/mol. The maximum absolute atomic E-state index is 12.7. The first kappa shape index (κ1) is 17.8. The third kappa shape index (κ3) is 3.62. The zero-order valence-corrected chi connectivity index (χ0v) is 16.0. The largest absolute Gasteiger partial charge is 0.370 e. The topological polar surface area (TPSA) is 88.3 Å². The van der Waals surface area contributed by atoms with Gasteiger partial charge < -0.3 is 4.90 Å². The van der Waals surface area contributed by atoms with Crippen molar-refractivity contribution < 1.29 is 13.0 Å². The molecular formula is C19H22N4O3S. The highest BCUT2D eigenvalue weighted by atomic mass is 32.2. The van der Waals surface area contributed by atoms with Crippen LogP contribution in [-0.2, 0) is 10.0 Å². The molecule has 27 heavy (non-hydrogen) atoms. The zero-order valence-electron chi connectivity index (χ0n) is 15.2. The maximum Gasteiger partial charge on any atom is 0.261 e. The Morgan fingerprint density at radius 3 is 2.30 bits per heavy atom. The molecule has 1 aliphatic heterocycles. The highest BCUT2D eigenvalue weighted by molar-refractivity contribution is 7.92. The van der Waals surface area contributed by atoms with Gasteiger partial charge in [0.1, 0.15) is 0 Å². The van der Waals surface area contributed by atoms with Gasteiger partial charge in [0.25, 0.3) is 10.0 Å². The number of sulfonamides is 1. The molecule has 2 aromatic carbocycles. The monoisotopic (exact) mass is 386 g/mol. The van der Waals surface area contributed by atoms with E-state index in [1.165, 1.54) is 12.8 Å². The summed E-state index contributed by atoms with van der Waals surface area (Å²) in [5.41, 5.74) is 3.31. The van der Waals surface area contributed by atoms with Gasteiger partial charge in [-0.05, 0) is 54.3 Å². The van der Waals surface area contributed by atoms with Gasteiger partial charge in [-0.3, -0.25) is 4.72 Å².